The number of aryl methyl sites for hydroxylation is 1. The molecule has 156 valence electrons. The topological polar surface area (TPSA) is 104 Å². The Labute approximate surface area is 179 Å². The first kappa shape index (κ1) is 19.5. The van der Waals surface area contributed by atoms with Gasteiger partial charge in [0.1, 0.15) is 11.6 Å². The van der Waals surface area contributed by atoms with Crippen molar-refractivity contribution in [3.8, 4) is 0 Å². The first-order chi connectivity index (χ1) is 15.0. The van der Waals surface area contributed by atoms with E-state index in [0.29, 0.717) is 18.1 Å². The van der Waals surface area contributed by atoms with Gasteiger partial charge in [-0.3, -0.25) is 0 Å². The summed E-state index contributed by atoms with van der Waals surface area (Å²) >= 11 is 0. The second kappa shape index (κ2) is 7.64. The molecule has 5 aromatic rings. The molecule has 31 heavy (non-hydrogen) atoms. The van der Waals surface area contributed by atoms with Crippen molar-refractivity contribution in [3.63, 3.8) is 0 Å². The summed E-state index contributed by atoms with van der Waals surface area (Å²) < 4.78 is 29.1. The van der Waals surface area contributed by atoms with Gasteiger partial charge in [-0.15, -0.1) is 0 Å². The number of fused-ring (bicyclic) bond motifs is 2. The molecule has 0 saturated carbocycles. The van der Waals surface area contributed by atoms with E-state index in [0.717, 1.165) is 27.6 Å². The Balaban J connectivity index is 1.53. The van der Waals surface area contributed by atoms with E-state index in [4.69, 9.17) is 0 Å². The van der Waals surface area contributed by atoms with E-state index in [-0.39, 0.29) is 4.90 Å². The van der Waals surface area contributed by atoms with Crippen molar-refractivity contribution in [1.29, 1.82) is 0 Å². The predicted molar refractivity (Wildman–Crippen MR) is 120 cm³/mol. The molecule has 0 fully saturated rings. The van der Waals surface area contributed by atoms with E-state index in [1.807, 2.05) is 55.5 Å². The number of hydrogen-bond acceptors (Lipinski definition) is 4. The molecule has 0 bridgehead atoms. The maximum atomic E-state index is 13.1. The predicted octanol–water partition coefficient (Wildman–Crippen LogP) is 4.01. The van der Waals surface area contributed by atoms with Crippen LogP contribution in [0.2, 0.25) is 0 Å². The smallest absolute Gasteiger partial charge is 0.241 e. The van der Waals surface area contributed by atoms with Gasteiger partial charge in [-0.05, 0) is 43.3 Å². The van der Waals surface area contributed by atoms with Gasteiger partial charge in [0.25, 0.3) is 0 Å². The number of imidazole rings is 2. The molecule has 0 aliphatic heterocycles. The van der Waals surface area contributed by atoms with Crippen LogP contribution in [0.5, 0.6) is 0 Å². The molecule has 3 N–H and O–H groups in total. The maximum absolute atomic E-state index is 13.1. The zero-order chi connectivity index (χ0) is 21.4. The van der Waals surface area contributed by atoms with Crippen molar-refractivity contribution in [2.24, 2.45) is 0 Å². The normalized spacial score (nSPS) is 13.1. The summed E-state index contributed by atoms with van der Waals surface area (Å²) in [7, 11) is -3.76. The minimum atomic E-state index is -3.76. The number of nitrogens with one attached hydrogen (secondary N) is 3. The average molecular weight is 432 g/mol. The van der Waals surface area contributed by atoms with Gasteiger partial charge in [0.05, 0.1) is 33.0 Å². The van der Waals surface area contributed by atoms with Crippen molar-refractivity contribution in [2.45, 2.75) is 24.3 Å². The number of hydrogen-bond donors (Lipinski definition) is 3. The van der Waals surface area contributed by atoms with Crippen LogP contribution in [0.3, 0.4) is 0 Å². The highest BCUT2D eigenvalue weighted by atomic mass is 32.2. The Bertz CT molecular complexity index is 1400. The maximum Gasteiger partial charge on any atom is 0.241 e. The molecule has 0 saturated heterocycles. The molecule has 7 nitrogen and oxygen atoms in total. The Morgan fingerprint density at radius 1 is 0.839 bits per heavy atom. The Morgan fingerprint density at radius 3 is 2.10 bits per heavy atom. The lowest BCUT2D eigenvalue weighted by atomic mass is 10.2. The van der Waals surface area contributed by atoms with E-state index in [1.165, 1.54) is 0 Å². The fourth-order valence-electron chi connectivity index (χ4n) is 3.60. The molecule has 1 atom stereocenters. The summed E-state index contributed by atoms with van der Waals surface area (Å²) in [4.78, 5) is 16.0. The highest BCUT2D eigenvalue weighted by Gasteiger charge is 2.25. The van der Waals surface area contributed by atoms with Crippen molar-refractivity contribution in [3.05, 3.63) is 90.0 Å². The van der Waals surface area contributed by atoms with Gasteiger partial charge in [-0.1, -0.05) is 42.0 Å². The average Bonchev–Trinajstić information content (AvgIpc) is 3.37. The van der Waals surface area contributed by atoms with Crippen LogP contribution >= 0.6 is 0 Å². The second-order valence-corrected chi connectivity index (χ2v) is 9.24. The molecule has 8 heteroatoms. The zero-order valence-corrected chi connectivity index (χ0v) is 17.6. The minimum Gasteiger partial charge on any atom is -0.342 e. The van der Waals surface area contributed by atoms with Crippen LogP contribution in [-0.2, 0) is 16.4 Å². The SMILES string of the molecule is Cc1ccc(S(=O)(=O)NC(Cc2nc3ccccc3[nH]2)c2nc3ccccc3[nH]2)cc1. The van der Waals surface area contributed by atoms with Crippen molar-refractivity contribution >= 4 is 32.1 Å². The van der Waals surface area contributed by atoms with Gasteiger partial charge < -0.3 is 9.97 Å². The van der Waals surface area contributed by atoms with E-state index < -0.39 is 16.1 Å². The van der Waals surface area contributed by atoms with Crippen molar-refractivity contribution in [2.75, 3.05) is 0 Å². The van der Waals surface area contributed by atoms with Crippen LogP contribution in [0, 0.1) is 6.92 Å². The van der Waals surface area contributed by atoms with Gasteiger partial charge in [0.2, 0.25) is 10.0 Å². The Morgan fingerprint density at radius 2 is 1.45 bits per heavy atom. The summed E-state index contributed by atoms with van der Waals surface area (Å²) in [5.74, 6) is 1.22. The highest BCUT2D eigenvalue weighted by molar-refractivity contribution is 7.89. The minimum absolute atomic E-state index is 0.212. The number of H-pyrrole nitrogens is 2. The Hall–Kier alpha value is -3.49. The molecule has 3 aromatic carbocycles. The molecular formula is C23H21N5O2S. The summed E-state index contributed by atoms with van der Waals surface area (Å²) in [6, 6.07) is 21.5. The lowest BCUT2D eigenvalue weighted by molar-refractivity contribution is 0.541. The lowest BCUT2D eigenvalue weighted by Gasteiger charge is -2.16. The van der Waals surface area contributed by atoms with Crippen LogP contribution in [0.4, 0.5) is 0 Å². The summed E-state index contributed by atoms with van der Waals surface area (Å²) in [5, 5.41) is 0. The van der Waals surface area contributed by atoms with Gasteiger partial charge in [-0.2, -0.15) is 0 Å². The standard InChI is InChI=1S/C23H21N5O2S/c1-15-10-12-16(13-11-15)31(29,30)28-21(23-26-19-8-4-5-9-20(19)27-23)14-22-24-17-6-2-3-7-18(17)25-22/h2-13,21,28H,14H2,1H3,(H,24,25)(H,26,27). The van der Waals surface area contributed by atoms with Crippen LogP contribution in [-0.4, -0.2) is 28.4 Å². The zero-order valence-electron chi connectivity index (χ0n) is 16.8. The van der Waals surface area contributed by atoms with Crippen LogP contribution in [0.25, 0.3) is 22.1 Å². The quantitative estimate of drug-likeness (QED) is 0.378. The summed E-state index contributed by atoms with van der Waals surface area (Å²) in [6.45, 7) is 1.92. The molecule has 2 heterocycles. The van der Waals surface area contributed by atoms with Crippen LogP contribution in [0.1, 0.15) is 23.3 Å². The highest BCUT2D eigenvalue weighted by Crippen LogP contribution is 2.23. The molecule has 0 radical (unpaired) electrons. The Kier molecular flexibility index (Phi) is 4.80. The first-order valence-corrected chi connectivity index (χ1v) is 11.4. The number of para-hydroxylation sites is 4. The molecule has 1 unspecified atom stereocenters. The summed E-state index contributed by atoms with van der Waals surface area (Å²) in [5.41, 5.74) is 4.36. The van der Waals surface area contributed by atoms with E-state index >= 15 is 0 Å². The molecule has 0 amide bonds. The molecule has 5 rings (SSSR count). The van der Waals surface area contributed by atoms with Crippen molar-refractivity contribution in [1.82, 2.24) is 24.7 Å². The third-order valence-electron chi connectivity index (χ3n) is 5.20. The van der Waals surface area contributed by atoms with Gasteiger partial charge in [0, 0.05) is 6.42 Å². The van der Waals surface area contributed by atoms with Crippen molar-refractivity contribution < 1.29 is 8.42 Å². The molecule has 0 spiro atoms. The van der Waals surface area contributed by atoms with Gasteiger partial charge >= 0.3 is 0 Å². The van der Waals surface area contributed by atoms with E-state index in [1.54, 1.807) is 24.3 Å². The van der Waals surface area contributed by atoms with Gasteiger partial charge in [0.15, 0.2) is 0 Å². The molecule has 2 aromatic heterocycles. The third-order valence-corrected chi connectivity index (χ3v) is 6.69. The molecule has 0 aliphatic carbocycles. The lowest BCUT2D eigenvalue weighted by Crippen LogP contribution is -2.31. The number of rotatable bonds is 6. The van der Waals surface area contributed by atoms with Crippen LogP contribution < -0.4 is 4.72 Å². The number of aromatic amines is 2. The number of nitrogens with zero attached hydrogens (tertiary/aromatic N) is 2. The molecule has 0 aliphatic rings. The third kappa shape index (κ3) is 3.95. The molecular weight excluding hydrogens is 410 g/mol. The number of aromatic nitrogens is 4. The number of benzene rings is 3. The summed E-state index contributed by atoms with van der Waals surface area (Å²) in [6.07, 6.45) is 0.319. The largest absolute Gasteiger partial charge is 0.342 e. The fourth-order valence-corrected chi connectivity index (χ4v) is 4.80. The van der Waals surface area contributed by atoms with E-state index in [9.17, 15) is 8.42 Å². The van der Waals surface area contributed by atoms with E-state index in [2.05, 4.69) is 24.7 Å². The number of sulfonamides is 1. The second-order valence-electron chi connectivity index (χ2n) is 7.53. The van der Waals surface area contributed by atoms with Crippen LogP contribution in [0.15, 0.2) is 77.7 Å². The first-order valence-electron chi connectivity index (χ1n) is 9.95. The fraction of sp³-hybridized carbons (Fsp3) is 0.130. The van der Waals surface area contributed by atoms with Gasteiger partial charge in [-0.25, -0.2) is 23.1 Å². The monoisotopic (exact) mass is 431 g/mol.